The number of benzene rings is 1. The van der Waals surface area contributed by atoms with Gasteiger partial charge in [-0.2, -0.15) is 31.6 Å². The largest absolute Gasteiger partial charge is 0.435 e. The maximum atomic E-state index is 13.9. The number of thiocyanates is 1. The number of rotatable bonds is 2. The number of halogens is 7. The molecule has 116 valence electrons. The van der Waals surface area contributed by atoms with Crippen molar-refractivity contribution in [2.45, 2.75) is 29.8 Å². The van der Waals surface area contributed by atoms with E-state index in [-0.39, 0.29) is 34.0 Å². The number of hydrogen-bond donors (Lipinski definition) is 1. The first-order valence-corrected chi connectivity index (χ1v) is 5.96. The van der Waals surface area contributed by atoms with Gasteiger partial charge in [-0.1, -0.05) is 6.07 Å². The predicted molar refractivity (Wildman–Crippen MR) is 62.0 cm³/mol. The molecule has 0 aromatic heterocycles. The molecule has 1 aromatic carbocycles. The van der Waals surface area contributed by atoms with E-state index in [0.29, 0.717) is 6.07 Å². The van der Waals surface area contributed by atoms with Gasteiger partial charge in [-0.15, -0.1) is 0 Å². The number of nitrogen functional groups attached to an aromatic ring is 1. The lowest BCUT2D eigenvalue weighted by Crippen LogP contribution is -2.50. The minimum Gasteiger partial charge on any atom is -0.398 e. The Labute approximate surface area is 118 Å². The minimum absolute atomic E-state index is 0.183. The van der Waals surface area contributed by atoms with Gasteiger partial charge in [0.15, 0.2) is 0 Å². The lowest BCUT2D eigenvalue weighted by molar-refractivity contribution is -0.348. The summed E-state index contributed by atoms with van der Waals surface area (Å²) in [5.41, 5.74) is -2.13. The topological polar surface area (TPSA) is 49.8 Å². The van der Waals surface area contributed by atoms with E-state index < -0.39 is 23.6 Å². The standard InChI is InChI=1S/C11H7F7N2S/c1-5-2-6(3-7(8(5)20)21-4-19)9(12,10(13,14)15)11(16,17)18/h2-3H,20H2,1H3. The fourth-order valence-electron chi connectivity index (χ4n) is 1.59. The minimum atomic E-state index is -6.21. The van der Waals surface area contributed by atoms with Crippen LogP contribution in [0.3, 0.4) is 0 Å². The van der Waals surface area contributed by atoms with Crippen molar-refractivity contribution >= 4 is 17.4 Å². The summed E-state index contributed by atoms with van der Waals surface area (Å²) < 4.78 is 89.7. The number of alkyl halides is 7. The maximum Gasteiger partial charge on any atom is 0.435 e. The molecule has 0 aliphatic carbocycles. The number of nitrogens with two attached hydrogens (primary N) is 1. The second-order valence-corrected chi connectivity index (χ2v) is 4.88. The first-order valence-electron chi connectivity index (χ1n) is 5.15. The van der Waals surface area contributed by atoms with Crippen molar-refractivity contribution in [1.82, 2.24) is 0 Å². The number of aryl methyl sites for hydroxylation is 1. The molecule has 1 aromatic rings. The summed E-state index contributed by atoms with van der Waals surface area (Å²) in [6.45, 7) is 1.12. The molecule has 10 heteroatoms. The summed E-state index contributed by atoms with van der Waals surface area (Å²) in [7, 11) is 0. The maximum absolute atomic E-state index is 13.9. The third-order valence-corrected chi connectivity index (χ3v) is 3.33. The van der Waals surface area contributed by atoms with Gasteiger partial charge in [0, 0.05) is 16.1 Å². The monoisotopic (exact) mass is 332 g/mol. The van der Waals surface area contributed by atoms with E-state index in [0.717, 1.165) is 6.92 Å². The van der Waals surface area contributed by atoms with Crippen LogP contribution in [-0.4, -0.2) is 12.4 Å². The molecule has 0 aliphatic heterocycles. The van der Waals surface area contributed by atoms with Crippen molar-refractivity contribution in [1.29, 1.82) is 5.26 Å². The molecule has 0 unspecified atom stereocenters. The molecule has 0 saturated heterocycles. The molecule has 0 fully saturated rings. The normalized spacial score (nSPS) is 13.1. The van der Waals surface area contributed by atoms with Crippen LogP contribution in [0.1, 0.15) is 11.1 Å². The summed E-state index contributed by atoms with van der Waals surface area (Å²) in [6.07, 6.45) is -12.4. The lowest BCUT2D eigenvalue weighted by atomic mass is 9.92. The van der Waals surface area contributed by atoms with E-state index in [4.69, 9.17) is 11.0 Å². The van der Waals surface area contributed by atoms with Crippen LogP contribution in [0.2, 0.25) is 0 Å². The van der Waals surface area contributed by atoms with Crippen molar-refractivity contribution in [2.24, 2.45) is 0 Å². The Balaban J connectivity index is 3.66. The Morgan fingerprint density at radius 2 is 1.52 bits per heavy atom. The van der Waals surface area contributed by atoms with Gasteiger partial charge < -0.3 is 5.73 Å². The van der Waals surface area contributed by atoms with E-state index in [2.05, 4.69) is 0 Å². The SMILES string of the molecule is Cc1cc(C(F)(C(F)(F)F)C(F)(F)F)cc(SC#N)c1N. The van der Waals surface area contributed by atoms with Crippen molar-refractivity contribution in [2.75, 3.05) is 5.73 Å². The van der Waals surface area contributed by atoms with Crippen LogP contribution in [0.15, 0.2) is 17.0 Å². The van der Waals surface area contributed by atoms with Crippen molar-refractivity contribution in [3.05, 3.63) is 23.3 Å². The molecule has 0 aliphatic rings. The first kappa shape index (κ1) is 17.4. The van der Waals surface area contributed by atoms with Crippen molar-refractivity contribution in [3.8, 4) is 5.40 Å². The third kappa shape index (κ3) is 2.88. The molecule has 21 heavy (non-hydrogen) atoms. The van der Waals surface area contributed by atoms with Gasteiger partial charge in [0.1, 0.15) is 5.40 Å². The average Bonchev–Trinajstić information content (AvgIpc) is 2.31. The van der Waals surface area contributed by atoms with E-state index in [1.54, 1.807) is 0 Å². The van der Waals surface area contributed by atoms with Crippen molar-refractivity contribution in [3.63, 3.8) is 0 Å². The Morgan fingerprint density at radius 1 is 1.05 bits per heavy atom. The summed E-state index contributed by atoms with van der Waals surface area (Å²) >= 11 is 0.247. The van der Waals surface area contributed by atoms with Crippen LogP contribution in [0.25, 0.3) is 0 Å². The molecule has 0 amide bonds. The molecule has 2 N–H and O–H groups in total. The summed E-state index contributed by atoms with van der Waals surface area (Å²) in [6, 6.07) is 0.662. The molecule has 0 heterocycles. The van der Waals surface area contributed by atoms with E-state index in [1.165, 1.54) is 5.40 Å². The Morgan fingerprint density at radius 3 is 1.90 bits per heavy atom. The van der Waals surface area contributed by atoms with Crippen LogP contribution in [-0.2, 0) is 5.67 Å². The molecule has 1 rings (SSSR count). The highest BCUT2D eigenvalue weighted by atomic mass is 32.2. The molecule has 0 bridgehead atoms. The van der Waals surface area contributed by atoms with Crippen LogP contribution in [0, 0.1) is 17.6 Å². The summed E-state index contributed by atoms with van der Waals surface area (Å²) in [5, 5.41) is 9.93. The highest BCUT2D eigenvalue weighted by Crippen LogP contribution is 2.54. The second kappa shape index (κ2) is 5.29. The number of nitriles is 1. The van der Waals surface area contributed by atoms with Gasteiger partial charge in [0.25, 0.3) is 0 Å². The van der Waals surface area contributed by atoms with Gasteiger partial charge in [-0.05, 0) is 30.3 Å². The third-order valence-electron chi connectivity index (χ3n) is 2.68. The molecule has 2 nitrogen and oxygen atoms in total. The molecule has 0 atom stereocenters. The van der Waals surface area contributed by atoms with Crippen LogP contribution in [0.5, 0.6) is 0 Å². The molecule has 0 saturated carbocycles. The second-order valence-electron chi connectivity index (χ2n) is 4.05. The number of anilines is 1. The van der Waals surface area contributed by atoms with Gasteiger partial charge in [0.2, 0.25) is 0 Å². The Kier molecular flexibility index (Phi) is 4.39. The first-order chi connectivity index (χ1) is 9.36. The quantitative estimate of drug-likeness (QED) is 0.377. The zero-order valence-corrected chi connectivity index (χ0v) is 11.0. The Hall–Kier alpha value is -1.63. The van der Waals surface area contributed by atoms with E-state index in [9.17, 15) is 30.7 Å². The van der Waals surface area contributed by atoms with Gasteiger partial charge in [-0.25, -0.2) is 4.39 Å². The smallest absolute Gasteiger partial charge is 0.398 e. The number of nitrogens with zero attached hydrogens (tertiary/aromatic N) is 1. The van der Waals surface area contributed by atoms with Gasteiger partial charge in [0.05, 0.1) is 0 Å². The fraction of sp³-hybridized carbons (Fsp3) is 0.364. The van der Waals surface area contributed by atoms with Crippen LogP contribution in [0.4, 0.5) is 36.4 Å². The predicted octanol–water partition coefficient (Wildman–Crippen LogP) is 4.44. The summed E-state index contributed by atoms with van der Waals surface area (Å²) in [4.78, 5) is -0.372. The molecule has 0 radical (unpaired) electrons. The molecular weight excluding hydrogens is 325 g/mol. The summed E-state index contributed by atoms with van der Waals surface area (Å²) in [5.74, 6) is 0. The van der Waals surface area contributed by atoms with Crippen LogP contribution >= 0.6 is 11.8 Å². The highest BCUT2D eigenvalue weighted by molar-refractivity contribution is 8.03. The number of thioether (sulfide) groups is 1. The van der Waals surface area contributed by atoms with Crippen molar-refractivity contribution < 1.29 is 30.7 Å². The molecular formula is C11H7F7N2S. The van der Waals surface area contributed by atoms with Gasteiger partial charge >= 0.3 is 18.0 Å². The highest BCUT2D eigenvalue weighted by Gasteiger charge is 2.73. The van der Waals surface area contributed by atoms with Gasteiger partial charge in [-0.3, -0.25) is 0 Å². The zero-order valence-electron chi connectivity index (χ0n) is 10.2. The van der Waals surface area contributed by atoms with E-state index >= 15 is 0 Å². The zero-order chi connectivity index (χ0) is 16.6. The number of hydrogen-bond acceptors (Lipinski definition) is 3. The Bertz CT molecular complexity index is 572. The fourth-order valence-corrected chi connectivity index (χ4v) is 2.14. The average molecular weight is 332 g/mol. The molecule has 0 spiro atoms. The van der Waals surface area contributed by atoms with E-state index in [1.807, 2.05) is 0 Å². The van der Waals surface area contributed by atoms with Crippen LogP contribution < -0.4 is 5.73 Å². The lowest BCUT2D eigenvalue weighted by Gasteiger charge is -2.31.